The van der Waals surface area contributed by atoms with Crippen molar-refractivity contribution in [1.82, 2.24) is 39.5 Å². The smallest absolute Gasteiger partial charge is 0.410 e. The molecular formula is C51H62N14O6. The summed E-state index contributed by atoms with van der Waals surface area (Å²) in [4.78, 5) is 82.0. The van der Waals surface area contributed by atoms with E-state index >= 15 is 0 Å². The molecule has 8 rings (SSSR count). The van der Waals surface area contributed by atoms with Gasteiger partial charge in [0, 0.05) is 66.1 Å². The number of nitrogen functional groups attached to an aromatic ring is 2. The molecule has 0 radical (unpaired) electrons. The number of ether oxygens (including phenoxy) is 1. The fourth-order valence-corrected chi connectivity index (χ4v) is 8.56. The first-order chi connectivity index (χ1) is 33.9. The van der Waals surface area contributed by atoms with E-state index in [4.69, 9.17) is 32.9 Å². The van der Waals surface area contributed by atoms with E-state index in [1.54, 1.807) is 65.8 Å². The number of carbonyl (C=O) groups is 5. The van der Waals surface area contributed by atoms with Crippen LogP contribution < -0.4 is 39.1 Å². The van der Waals surface area contributed by atoms with Gasteiger partial charge in [-0.3, -0.25) is 19.2 Å². The van der Waals surface area contributed by atoms with Crippen molar-refractivity contribution in [1.29, 1.82) is 0 Å². The van der Waals surface area contributed by atoms with Crippen LogP contribution in [-0.2, 0) is 17.6 Å². The quantitative estimate of drug-likeness (QED) is 0.0723. The summed E-state index contributed by atoms with van der Waals surface area (Å²) < 4.78 is 8.05. The first-order valence-corrected chi connectivity index (χ1v) is 23.7. The van der Waals surface area contributed by atoms with E-state index in [1.807, 2.05) is 58.9 Å². The number of hydrogen-bond donors (Lipinski definition) is 7. The molecule has 0 saturated carbocycles. The highest BCUT2D eigenvalue weighted by Crippen LogP contribution is 2.33. The second-order valence-corrected chi connectivity index (χ2v) is 18.5. The van der Waals surface area contributed by atoms with E-state index in [9.17, 15) is 24.0 Å². The van der Waals surface area contributed by atoms with Crippen molar-refractivity contribution in [3.05, 3.63) is 130 Å². The summed E-state index contributed by atoms with van der Waals surface area (Å²) in [5.41, 5.74) is 15.9. The maximum absolute atomic E-state index is 12.8. The van der Waals surface area contributed by atoms with Gasteiger partial charge in [-0.1, -0.05) is 38.1 Å². The minimum atomic E-state index is -0.727. The van der Waals surface area contributed by atoms with E-state index in [0.29, 0.717) is 70.0 Å². The average Bonchev–Trinajstić information content (AvgIpc) is 3.91. The van der Waals surface area contributed by atoms with Gasteiger partial charge in [-0.15, -0.1) is 0 Å². The number of carbonyl (C=O) groups excluding carboxylic acids is 5. The number of anilines is 2. The van der Waals surface area contributed by atoms with Crippen LogP contribution in [0.25, 0.3) is 22.5 Å². The maximum atomic E-state index is 12.8. The van der Waals surface area contributed by atoms with Gasteiger partial charge in [-0.2, -0.15) is 0 Å². The number of nitrogens with two attached hydrogens (primary N) is 4. The van der Waals surface area contributed by atoms with Crippen molar-refractivity contribution < 1.29 is 28.7 Å². The fourth-order valence-electron chi connectivity index (χ4n) is 8.56. The first kappa shape index (κ1) is 50.7. The maximum Gasteiger partial charge on any atom is 0.410 e. The first-order valence-electron chi connectivity index (χ1n) is 23.7. The van der Waals surface area contributed by atoms with Gasteiger partial charge >= 0.3 is 6.09 Å². The Labute approximate surface area is 411 Å². The van der Waals surface area contributed by atoms with Gasteiger partial charge in [0.05, 0.1) is 0 Å². The second kappa shape index (κ2) is 22.1. The van der Waals surface area contributed by atoms with Crippen LogP contribution in [0, 0.1) is 0 Å². The van der Waals surface area contributed by atoms with Gasteiger partial charge in [0.25, 0.3) is 23.6 Å². The van der Waals surface area contributed by atoms with E-state index in [0.717, 1.165) is 62.7 Å². The van der Waals surface area contributed by atoms with Gasteiger partial charge in [-0.05, 0) is 125 Å². The Kier molecular flexibility index (Phi) is 15.8. The number of pyridine rings is 2. The lowest BCUT2D eigenvalue weighted by atomic mass is 9.97. The van der Waals surface area contributed by atoms with Gasteiger partial charge in [0.1, 0.15) is 40.3 Å². The molecule has 0 unspecified atom stereocenters. The zero-order valence-electron chi connectivity index (χ0n) is 40.7. The average molecular weight is 967 g/mol. The van der Waals surface area contributed by atoms with Gasteiger partial charge in [0.2, 0.25) is 0 Å². The molecule has 71 heavy (non-hydrogen) atoms. The topological polar surface area (TPSA) is 299 Å². The zero-order valence-corrected chi connectivity index (χ0v) is 40.7. The number of rotatable bonds is 12. The zero-order chi connectivity index (χ0) is 51.0. The molecule has 0 spiro atoms. The summed E-state index contributed by atoms with van der Waals surface area (Å²) in [5.74, 6) is 12.5. The monoisotopic (exact) mass is 966 g/mol. The minimum absolute atomic E-state index is 0.0529. The van der Waals surface area contributed by atoms with Gasteiger partial charge in [0.15, 0.2) is 11.4 Å². The molecule has 2 atom stereocenters. The Hall–Kier alpha value is -8.13. The summed E-state index contributed by atoms with van der Waals surface area (Å²) in [6, 6.07) is 21.0. The number of likely N-dealkylation sites (tertiary alicyclic amines) is 1. The van der Waals surface area contributed by atoms with Gasteiger partial charge < -0.3 is 48.7 Å². The minimum Gasteiger partial charge on any atom is -0.444 e. The summed E-state index contributed by atoms with van der Waals surface area (Å²) >= 11 is 0. The molecule has 20 nitrogen and oxygen atoms in total. The molecule has 2 aliphatic heterocycles. The van der Waals surface area contributed by atoms with Gasteiger partial charge in [-0.25, -0.2) is 34.1 Å². The highest BCUT2D eigenvalue weighted by molar-refractivity contribution is 6.05. The molecule has 5 amide bonds. The Balaban J connectivity index is 0.000000213. The van der Waals surface area contributed by atoms with E-state index < -0.39 is 23.5 Å². The summed E-state index contributed by atoms with van der Waals surface area (Å²) in [6.45, 7) is 12.1. The van der Waals surface area contributed by atoms with Crippen LogP contribution in [0.5, 0.6) is 0 Å². The Morgan fingerprint density at radius 1 is 0.690 bits per heavy atom. The Morgan fingerprint density at radius 3 is 1.58 bits per heavy atom. The molecule has 2 aliphatic rings. The van der Waals surface area contributed by atoms with Crippen LogP contribution in [0.4, 0.5) is 16.4 Å². The lowest BCUT2D eigenvalue weighted by Gasteiger charge is -2.33. The predicted octanol–water partition coefficient (Wildman–Crippen LogP) is 5.73. The molecule has 372 valence electrons. The Bertz CT molecular complexity index is 2900. The van der Waals surface area contributed by atoms with Crippen LogP contribution in [0.1, 0.15) is 137 Å². The van der Waals surface area contributed by atoms with Crippen molar-refractivity contribution in [3.63, 3.8) is 0 Å². The van der Waals surface area contributed by atoms with Crippen molar-refractivity contribution in [2.75, 3.05) is 48.5 Å². The SMILES string of the molecule is CCc1ccnc(NC(=O)c2ccc(-c3nc([C@@H]4CCCN(C(=O)OC(C)(C)C)C4)n(N)c3C(N)=O)cc2)c1.CCc1ccnc(NC(=O)c2ccc(-c3nc([C@@H]4CCCNC4)n(N)c3C(N)=O)cc2)c1. The number of amides is 5. The van der Waals surface area contributed by atoms with Crippen molar-refractivity contribution in [3.8, 4) is 22.5 Å². The predicted molar refractivity (Wildman–Crippen MR) is 270 cm³/mol. The van der Waals surface area contributed by atoms with Crippen molar-refractivity contribution in [2.24, 2.45) is 11.5 Å². The van der Waals surface area contributed by atoms with Crippen molar-refractivity contribution in [2.45, 2.75) is 90.6 Å². The number of aromatic nitrogens is 6. The van der Waals surface area contributed by atoms with Crippen LogP contribution in [0.2, 0.25) is 0 Å². The number of nitrogens with one attached hydrogen (secondary N) is 3. The fraction of sp³-hybridized carbons (Fsp3) is 0.353. The molecule has 4 aromatic heterocycles. The normalized spacial score (nSPS) is 15.8. The molecule has 6 heterocycles. The van der Waals surface area contributed by atoms with E-state index in [2.05, 4.69) is 30.9 Å². The number of piperidine rings is 2. The molecule has 2 fully saturated rings. The van der Waals surface area contributed by atoms with E-state index in [-0.39, 0.29) is 35.0 Å². The third-order valence-electron chi connectivity index (χ3n) is 12.2. The molecule has 11 N–H and O–H groups in total. The molecule has 2 aromatic carbocycles. The third kappa shape index (κ3) is 12.2. The molecule has 0 aliphatic carbocycles. The summed E-state index contributed by atoms with van der Waals surface area (Å²) in [5, 5.41) is 8.94. The summed E-state index contributed by atoms with van der Waals surface area (Å²) in [6.07, 6.45) is 8.03. The highest BCUT2D eigenvalue weighted by Gasteiger charge is 2.33. The largest absolute Gasteiger partial charge is 0.444 e. The molecular weight excluding hydrogens is 905 g/mol. The number of benzene rings is 2. The Morgan fingerprint density at radius 2 is 1.15 bits per heavy atom. The van der Waals surface area contributed by atoms with Crippen molar-refractivity contribution >= 4 is 41.4 Å². The van der Waals surface area contributed by atoms with Crippen LogP contribution in [-0.4, -0.2) is 95.7 Å². The molecule has 6 aromatic rings. The molecule has 2 saturated heterocycles. The van der Waals surface area contributed by atoms with E-state index in [1.165, 1.54) is 9.35 Å². The lowest BCUT2D eigenvalue weighted by molar-refractivity contribution is 0.0194. The van der Waals surface area contributed by atoms with Crippen LogP contribution in [0.3, 0.4) is 0 Å². The summed E-state index contributed by atoms with van der Waals surface area (Å²) in [7, 11) is 0. The molecule has 0 bridgehead atoms. The van der Waals surface area contributed by atoms with Crippen LogP contribution >= 0.6 is 0 Å². The standard InChI is InChI=1S/C28H35N7O4.C23H27N7O2/c1-5-17-12-13-31-21(15-17)32-26(37)19-10-8-18(9-11-19)22-23(24(29)36)35(30)25(33-22)20-7-6-14-34(16-20)27(38)39-28(2,3)4;1-2-14-9-11-27-18(12-14)28-23(32)16-7-5-15(6-8-16)19-20(21(24)31)30(25)22(29-19)17-4-3-10-26-13-17/h8-13,15,20H,5-7,14,16,30H2,1-4H3,(H2,29,36)(H,31,32,37);5-9,11-12,17,26H,2-4,10,13,25H2,1H3,(H2,24,31)(H,27,28,32)/t20-;17-/m11/s1. The lowest BCUT2D eigenvalue weighted by Crippen LogP contribution is -2.43. The number of hydrogen-bond acceptors (Lipinski definition) is 13. The van der Waals surface area contributed by atoms with Crippen LogP contribution in [0.15, 0.2) is 85.2 Å². The second-order valence-electron chi connectivity index (χ2n) is 18.5. The number of imidazole rings is 2. The number of primary amides is 2. The number of nitrogens with zero attached hydrogens (tertiary/aromatic N) is 7. The number of aryl methyl sites for hydroxylation is 2. The molecule has 20 heteroatoms. The highest BCUT2D eigenvalue weighted by atomic mass is 16.6. The third-order valence-corrected chi connectivity index (χ3v) is 12.2.